The summed E-state index contributed by atoms with van der Waals surface area (Å²) in [7, 11) is 0. The normalized spacial score (nSPS) is 20.9. The quantitative estimate of drug-likeness (QED) is 0.828. The number of ether oxygens (including phenoxy) is 1. The fraction of sp³-hybridized carbons (Fsp3) is 0.500. The van der Waals surface area contributed by atoms with E-state index in [2.05, 4.69) is 0 Å². The van der Waals surface area contributed by atoms with E-state index < -0.39 is 0 Å². The van der Waals surface area contributed by atoms with Gasteiger partial charge in [0.1, 0.15) is 17.7 Å². The van der Waals surface area contributed by atoms with Gasteiger partial charge in [0, 0.05) is 18.0 Å². The molecule has 0 fully saturated rings. The van der Waals surface area contributed by atoms with Gasteiger partial charge in [-0.3, -0.25) is 0 Å². The molecule has 0 amide bonds. The molecule has 0 bridgehead atoms. The molecule has 2 rings (SSSR count). The zero-order chi connectivity index (χ0) is 10.8. The van der Waals surface area contributed by atoms with Gasteiger partial charge in [-0.2, -0.15) is 0 Å². The first-order chi connectivity index (χ1) is 7.15. The van der Waals surface area contributed by atoms with Crippen LogP contribution in [0, 0.1) is 5.82 Å². The molecule has 2 nitrogen and oxygen atoms in total. The van der Waals surface area contributed by atoms with E-state index in [1.54, 1.807) is 12.1 Å². The molecule has 0 saturated heterocycles. The highest BCUT2D eigenvalue weighted by Gasteiger charge is 2.22. The van der Waals surface area contributed by atoms with Crippen LogP contribution in [-0.2, 0) is 6.42 Å². The Balaban J connectivity index is 1.97. The number of fused-ring (bicyclic) bond motifs is 1. The van der Waals surface area contributed by atoms with Gasteiger partial charge in [0.25, 0.3) is 0 Å². The van der Waals surface area contributed by atoms with Gasteiger partial charge in [0.05, 0.1) is 0 Å². The van der Waals surface area contributed by atoms with Crippen LogP contribution < -0.4 is 10.5 Å². The molecule has 1 aliphatic rings. The van der Waals surface area contributed by atoms with E-state index in [-0.39, 0.29) is 18.0 Å². The maximum atomic E-state index is 12.9. The molecule has 2 atom stereocenters. The van der Waals surface area contributed by atoms with Crippen LogP contribution in [0.15, 0.2) is 18.2 Å². The Kier molecular flexibility index (Phi) is 2.91. The monoisotopic (exact) mass is 209 g/mol. The van der Waals surface area contributed by atoms with Crippen molar-refractivity contribution in [2.24, 2.45) is 5.73 Å². The first-order valence-corrected chi connectivity index (χ1v) is 5.36. The average molecular weight is 209 g/mol. The maximum absolute atomic E-state index is 12.9. The van der Waals surface area contributed by atoms with Crippen molar-refractivity contribution in [2.75, 3.05) is 0 Å². The summed E-state index contributed by atoms with van der Waals surface area (Å²) in [4.78, 5) is 0. The van der Waals surface area contributed by atoms with Crippen LogP contribution >= 0.6 is 0 Å². The highest BCUT2D eigenvalue weighted by atomic mass is 19.1. The number of halogens is 1. The predicted octanol–water partition coefficient (Wildman–Crippen LogP) is 2.26. The smallest absolute Gasteiger partial charge is 0.123 e. The van der Waals surface area contributed by atoms with Crippen molar-refractivity contribution in [3.8, 4) is 5.75 Å². The first-order valence-electron chi connectivity index (χ1n) is 5.36. The van der Waals surface area contributed by atoms with Crippen molar-refractivity contribution in [1.82, 2.24) is 0 Å². The Morgan fingerprint density at radius 1 is 1.60 bits per heavy atom. The summed E-state index contributed by atoms with van der Waals surface area (Å²) in [6.45, 7) is 1.99. The summed E-state index contributed by atoms with van der Waals surface area (Å²) >= 11 is 0. The van der Waals surface area contributed by atoms with Crippen molar-refractivity contribution < 1.29 is 9.13 Å². The third-order valence-corrected chi connectivity index (χ3v) is 2.71. The molecule has 15 heavy (non-hydrogen) atoms. The fourth-order valence-electron chi connectivity index (χ4n) is 1.90. The number of hydrogen-bond donors (Lipinski definition) is 1. The van der Waals surface area contributed by atoms with Crippen molar-refractivity contribution >= 4 is 0 Å². The van der Waals surface area contributed by atoms with Gasteiger partial charge in [-0.1, -0.05) is 0 Å². The minimum absolute atomic E-state index is 0.174. The van der Waals surface area contributed by atoms with Gasteiger partial charge < -0.3 is 10.5 Å². The van der Waals surface area contributed by atoms with Crippen molar-refractivity contribution in [3.63, 3.8) is 0 Å². The van der Waals surface area contributed by atoms with E-state index in [1.165, 1.54) is 6.07 Å². The van der Waals surface area contributed by atoms with Gasteiger partial charge in [0.2, 0.25) is 0 Å². The molecule has 0 saturated carbocycles. The molecular weight excluding hydrogens is 193 g/mol. The topological polar surface area (TPSA) is 35.2 Å². The molecular formula is C12H16FNO. The molecule has 1 heterocycles. The van der Waals surface area contributed by atoms with E-state index >= 15 is 0 Å². The Labute approximate surface area is 89.2 Å². The van der Waals surface area contributed by atoms with Gasteiger partial charge in [-0.25, -0.2) is 4.39 Å². The van der Waals surface area contributed by atoms with E-state index in [0.717, 1.165) is 30.6 Å². The molecule has 0 radical (unpaired) electrons. The standard InChI is InChI=1S/C12H16FNO/c1-8(14)2-4-11-7-9-6-10(13)3-5-12(9)15-11/h3,5-6,8,11H,2,4,7,14H2,1H3. The first kappa shape index (κ1) is 10.4. The number of hydrogen-bond acceptors (Lipinski definition) is 2. The molecule has 3 heteroatoms. The molecule has 82 valence electrons. The maximum Gasteiger partial charge on any atom is 0.123 e. The van der Waals surface area contributed by atoms with Crippen LogP contribution in [0.25, 0.3) is 0 Å². The Morgan fingerprint density at radius 3 is 3.13 bits per heavy atom. The lowest BCUT2D eigenvalue weighted by Crippen LogP contribution is -2.20. The van der Waals surface area contributed by atoms with Crippen LogP contribution in [0.1, 0.15) is 25.3 Å². The minimum atomic E-state index is -0.190. The molecule has 2 N–H and O–H groups in total. The van der Waals surface area contributed by atoms with E-state index in [4.69, 9.17) is 10.5 Å². The lowest BCUT2D eigenvalue weighted by molar-refractivity contribution is 0.215. The predicted molar refractivity (Wildman–Crippen MR) is 57.4 cm³/mol. The third kappa shape index (κ3) is 2.48. The molecule has 1 aliphatic heterocycles. The minimum Gasteiger partial charge on any atom is -0.490 e. The Bertz CT molecular complexity index is 351. The molecule has 0 spiro atoms. The zero-order valence-electron chi connectivity index (χ0n) is 8.87. The van der Waals surface area contributed by atoms with E-state index in [9.17, 15) is 4.39 Å². The molecule has 1 aromatic rings. The summed E-state index contributed by atoms with van der Waals surface area (Å²) in [5, 5.41) is 0. The second-order valence-electron chi connectivity index (χ2n) is 4.25. The SMILES string of the molecule is CC(N)CCC1Cc2cc(F)ccc2O1. The Hall–Kier alpha value is -1.09. The zero-order valence-corrected chi connectivity index (χ0v) is 8.87. The van der Waals surface area contributed by atoms with Crippen LogP contribution in [0.2, 0.25) is 0 Å². The van der Waals surface area contributed by atoms with Gasteiger partial charge in [-0.05, 0) is 38.0 Å². The fourth-order valence-corrected chi connectivity index (χ4v) is 1.90. The molecule has 2 unspecified atom stereocenters. The lowest BCUT2D eigenvalue weighted by atomic mass is 10.0. The average Bonchev–Trinajstić information content (AvgIpc) is 2.56. The van der Waals surface area contributed by atoms with Gasteiger partial charge in [-0.15, -0.1) is 0 Å². The summed E-state index contributed by atoms with van der Waals surface area (Å²) in [6.07, 6.45) is 2.86. The third-order valence-electron chi connectivity index (χ3n) is 2.71. The largest absolute Gasteiger partial charge is 0.490 e. The molecule has 1 aromatic carbocycles. The second-order valence-corrected chi connectivity index (χ2v) is 4.25. The van der Waals surface area contributed by atoms with Gasteiger partial charge in [0.15, 0.2) is 0 Å². The highest BCUT2D eigenvalue weighted by molar-refractivity contribution is 5.37. The highest BCUT2D eigenvalue weighted by Crippen LogP contribution is 2.30. The summed E-state index contributed by atoms with van der Waals surface area (Å²) < 4.78 is 18.6. The summed E-state index contributed by atoms with van der Waals surface area (Å²) in [6, 6.07) is 4.90. The van der Waals surface area contributed by atoms with Crippen molar-refractivity contribution in [3.05, 3.63) is 29.6 Å². The number of rotatable bonds is 3. The summed E-state index contributed by atoms with van der Waals surface area (Å²) in [5.74, 6) is 0.635. The van der Waals surface area contributed by atoms with Gasteiger partial charge >= 0.3 is 0 Å². The second kappa shape index (κ2) is 4.19. The molecule has 0 aliphatic carbocycles. The van der Waals surface area contributed by atoms with Crippen LogP contribution in [-0.4, -0.2) is 12.1 Å². The van der Waals surface area contributed by atoms with E-state index in [1.807, 2.05) is 6.92 Å². The van der Waals surface area contributed by atoms with Crippen LogP contribution in [0.5, 0.6) is 5.75 Å². The molecule has 0 aromatic heterocycles. The summed E-state index contributed by atoms with van der Waals surface area (Å²) in [5.41, 5.74) is 6.66. The van der Waals surface area contributed by atoms with Crippen molar-refractivity contribution in [2.45, 2.75) is 38.3 Å². The van der Waals surface area contributed by atoms with Crippen molar-refractivity contribution in [1.29, 1.82) is 0 Å². The lowest BCUT2D eigenvalue weighted by Gasteiger charge is -2.11. The number of nitrogens with two attached hydrogens (primary N) is 1. The van der Waals surface area contributed by atoms with Crippen LogP contribution in [0.4, 0.5) is 4.39 Å². The Morgan fingerprint density at radius 2 is 2.40 bits per heavy atom. The number of benzene rings is 1. The van der Waals surface area contributed by atoms with Crippen LogP contribution in [0.3, 0.4) is 0 Å². The van der Waals surface area contributed by atoms with E-state index in [0.29, 0.717) is 0 Å².